The van der Waals surface area contributed by atoms with E-state index in [1.165, 1.54) is 17.7 Å². The monoisotopic (exact) mass is 354 g/mol. The SMILES string of the molecule is O=C(Cc1csc(Cc2ccccc2)n1)NCCc1ccc(F)cc1. The average Bonchev–Trinajstić information content (AvgIpc) is 3.04. The van der Waals surface area contributed by atoms with Gasteiger partial charge in [0.1, 0.15) is 5.82 Å². The molecule has 0 spiro atoms. The van der Waals surface area contributed by atoms with Crippen LogP contribution in [0.25, 0.3) is 0 Å². The maximum atomic E-state index is 12.8. The summed E-state index contributed by atoms with van der Waals surface area (Å²) in [6, 6.07) is 16.5. The van der Waals surface area contributed by atoms with Gasteiger partial charge in [-0.3, -0.25) is 4.79 Å². The molecule has 1 N–H and O–H groups in total. The third-order valence-corrected chi connectivity index (χ3v) is 4.69. The molecule has 0 unspecified atom stereocenters. The fourth-order valence-electron chi connectivity index (χ4n) is 2.51. The Morgan fingerprint density at radius 3 is 2.56 bits per heavy atom. The van der Waals surface area contributed by atoms with E-state index in [4.69, 9.17) is 0 Å². The van der Waals surface area contributed by atoms with Crippen LogP contribution in [-0.4, -0.2) is 17.4 Å². The molecule has 25 heavy (non-hydrogen) atoms. The standard InChI is InChI=1S/C20H19FN2OS/c21-17-8-6-15(7-9-17)10-11-22-19(24)13-18-14-25-20(23-18)12-16-4-2-1-3-5-16/h1-9,14H,10-13H2,(H,22,24). The number of benzene rings is 2. The fraction of sp³-hybridized carbons (Fsp3) is 0.200. The Morgan fingerprint density at radius 1 is 1.04 bits per heavy atom. The van der Waals surface area contributed by atoms with Crippen LogP contribution in [0.15, 0.2) is 60.0 Å². The third kappa shape index (κ3) is 5.50. The van der Waals surface area contributed by atoms with Gasteiger partial charge in [0.2, 0.25) is 5.91 Å². The van der Waals surface area contributed by atoms with Crippen molar-refractivity contribution in [3.8, 4) is 0 Å². The number of carbonyl (C=O) groups excluding carboxylic acids is 1. The van der Waals surface area contributed by atoms with Gasteiger partial charge in [0, 0.05) is 18.3 Å². The van der Waals surface area contributed by atoms with Crippen molar-refractivity contribution < 1.29 is 9.18 Å². The first kappa shape index (κ1) is 17.3. The second-order valence-corrected chi connectivity index (χ2v) is 6.74. The predicted octanol–water partition coefficient (Wildman–Crippen LogP) is 3.77. The quantitative estimate of drug-likeness (QED) is 0.702. The van der Waals surface area contributed by atoms with E-state index in [9.17, 15) is 9.18 Å². The van der Waals surface area contributed by atoms with Crippen LogP contribution in [0.2, 0.25) is 0 Å². The summed E-state index contributed by atoms with van der Waals surface area (Å²) < 4.78 is 12.8. The Morgan fingerprint density at radius 2 is 1.80 bits per heavy atom. The van der Waals surface area contributed by atoms with Crippen LogP contribution in [0.1, 0.15) is 21.8 Å². The number of hydrogen-bond donors (Lipinski definition) is 1. The molecule has 2 aromatic carbocycles. The Labute approximate surface area is 150 Å². The molecular formula is C20H19FN2OS. The molecule has 0 atom stereocenters. The van der Waals surface area contributed by atoms with E-state index < -0.39 is 0 Å². The number of thiazole rings is 1. The first-order valence-corrected chi connectivity index (χ1v) is 9.05. The lowest BCUT2D eigenvalue weighted by Gasteiger charge is -2.04. The van der Waals surface area contributed by atoms with Crippen molar-refractivity contribution in [3.05, 3.63) is 87.6 Å². The number of nitrogens with zero attached hydrogens (tertiary/aromatic N) is 1. The zero-order valence-electron chi connectivity index (χ0n) is 13.7. The van der Waals surface area contributed by atoms with Crippen LogP contribution in [0, 0.1) is 5.82 Å². The molecule has 0 fully saturated rings. The first-order valence-electron chi connectivity index (χ1n) is 8.17. The molecule has 1 amide bonds. The van der Waals surface area contributed by atoms with Crippen LogP contribution in [0.4, 0.5) is 4.39 Å². The molecule has 0 saturated carbocycles. The zero-order valence-corrected chi connectivity index (χ0v) is 14.6. The van der Waals surface area contributed by atoms with Gasteiger partial charge in [-0.1, -0.05) is 42.5 Å². The predicted molar refractivity (Wildman–Crippen MR) is 98.2 cm³/mol. The van der Waals surface area contributed by atoms with E-state index in [0.717, 1.165) is 22.7 Å². The minimum atomic E-state index is -0.248. The van der Waals surface area contributed by atoms with Gasteiger partial charge in [0.15, 0.2) is 0 Å². The molecule has 1 aromatic heterocycles. The van der Waals surface area contributed by atoms with Gasteiger partial charge >= 0.3 is 0 Å². The Hall–Kier alpha value is -2.53. The lowest BCUT2D eigenvalue weighted by molar-refractivity contribution is -0.120. The van der Waals surface area contributed by atoms with Crippen LogP contribution in [0.3, 0.4) is 0 Å². The summed E-state index contributed by atoms with van der Waals surface area (Å²) in [7, 11) is 0. The van der Waals surface area contributed by atoms with E-state index in [-0.39, 0.29) is 18.1 Å². The van der Waals surface area contributed by atoms with Crippen molar-refractivity contribution in [2.45, 2.75) is 19.3 Å². The van der Waals surface area contributed by atoms with Crippen molar-refractivity contribution >= 4 is 17.2 Å². The van der Waals surface area contributed by atoms with Crippen molar-refractivity contribution in [3.63, 3.8) is 0 Å². The molecule has 3 rings (SSSR count). The maximum absolute atomic E-state index is 12.8. The second kappa shape index (κ2) is 8.53. The Bertz CT molecular complexity index is 815. The molecular weight excluding hydrogens is 335 g/mol. The second-order valence-electron chi connectivity index (χ2n) is 5.80. The highest BCUT2D eigenvalue weighted by molar-refractivity contribution is 7.09. The summed E-state index contributed by atoms with van der Waals surface area (Å²) in [5, 5.41) is 5.84. The molecule has 0 bridgehead atoms. The van der Waals surface area contributed by atoms with Gasteiger partial charge in [-0.15, -0.1) is 11.3 Å². The average molecular weight is 354 g/mol. The summed E-state index contributed by atoms with van der Waals surface area (Å²) in [4.78, 5) is 16.6. The van der Waals surface area contributed by atoms with Gasteiger partial charge in [-0.2, -0.15) is 0 Å². The van der Waals surface area contributed by atoms with Crippen LogP contribution >= 0.6 is 11.3 Å². The van der Waals surface area contributed by atoms with Gasteiger partial charge in [-0.05, 0) is 29.7 Å². The van der Waals surface area contributed by atoms with Gasteiger partial charge < -0.3 is 5.32 Å². The first-order chi connectivity index (χ1) is 12.2. The minimum absolute atomic E-state index is 0.0429. The van der Waals surface area contributed by atoms with E-state index in [2.05, 4.69) is 22.4 Å². The number of carbonyl (C=O) groups is 1. The van der Waals surface area contributed by atoms with Crippen LogP contribution < -0.4 is 5.32 Å². The molecule has 1 heterocycles. The molecule has 0 aliphatic heterocycles. The number of halogens is 1. The number of aromatic nitrogens is 1. The maximum Gasteiger partial charge on any atom is 0.226 e. The highest BCUT2D eigenvalue weighted by Crippen LogP contribution is 2.15. The van der Waals surface area contributed by atoms with Crippen molar-refractivity contribution in [1.29, 1.82) is 0 Å². The topological polar surface area (TPSA) is 42.0 Å². The number of amides is 1. The Balaban J connectivity index is 1.44. The number of rotatable bonds is 7. The molecule has 0 aliphatic carbocycles. The summed E-state index contributed by atoms with van der Waals surface area (Å²) in [5.74, 6) is -0.290. The summed E-state index contributed by atoms with van der Waals surface area (Å²) in [6.45, 7) is 0.533. The smallest absolute Gasteiger partial charge is 0.226 e. The van der Waals surface area contributed by atoms with E-state index in [0.29, 0.717) is 13.0 Å². The lowest BCUT2D eigenvalue weighted by Crippen LogP contribution is -2.27. The van der Waals surface area contributed by atoms with Gasteiger partial charge in [0.25, 0.3) is 0 Å². The van der Waals surface area contributed by atoms with Gasteiger partial charge in [-0.25, -0.2) is 9.37 Å². The third-order valence-electron chi connectivity index (χ3n) is 3.79. The van der Waals surface area contributed by atoms with E-state index in [1.54, 1.807) is 23.5 Å². The van der Waals surface area contributed by atoms with Crippen molar-refractivity contribution in [2.75, 3.05) is 6.54 Å². The molecule has 3 aromatic rings. The zero-order chi connectivity index (χ0) is 17.5. The minimum Gasteiger partial charge on any atom is -0.355 e. The van der Waals surface area contributed by atoms with E-state index >= 15 is 0 Å². The highest BCUT2D eigenvalue weighted by atomic mass is 32.1. The van der Waals surface area contributed by atoms with Crippen LogP contribution in [0.5, 0.6) is 0 Å². The molecule has 0 saturated heterocycles. The summed E-state index contributed by atoms with van der Waals surface area (Å²) in [5.41, 5.74) is 3.02. The van der Waals surface area contributed by atoms with E-state index in [1.807, 2.05) is 23.6 Å². The molecule has 5 heteroatoms. The van der Waals surface area contributed by atoms with Crippen molar-refractivity contribution in [1.82, 2.24) is 10.3 Å². The largest absolute Gasteiger partial charge is 0.355 e. The lowest BCUT2D eigenvalue weighted by atomic mass is 10.1. The molecule has 128 valence electrons. The fourth-order valence-corrected chi connectivity index (χ4v) is 3.33. The summed E-state index contributed by atoms with van der Waals surface area (Å²) >= 11 is 1.58. The molecule has 0 radical (unpaired) electrons. The van der Waals surface area contributed by atoms with Gasteiger partial charge in [0.05, 0.1) is 17.1 Å². The molecule has 3 nitrogen and oxygen atoms in total. The summed E-state index contributed by atoms with van der Waals surface area (Å²) in [6.07, 6.45) is 1.76. The van der Waals surface area contributed by atoms with Crippen molar-refractivity contribution in [2.24, 2.45) is 0 Å². The van der Waals surface area contributed by atoms with Crippen LogP contribution in [-0.2, 0) is 24.1 Å². The highest BCUT2D eigenvalue weighted by Gasteiger charge is 2.08. The normalized spacial score (nSPS) is 10.6. The molecule has 0 aliphatic rings. The Kier molecular flexibility index (Phi) is 5.90. The number of nitrogens with one attached hydrogen (secondary N) is 1. The number of hydrogen-bond acceptors (Lipinski definition) is 3.